The van der Waals surface area contributed by atoms with Crippen LogP contribution in [0.4, 0.5) is 11.4 Å². The van der Waals surface area contributed by atoms with Crippen LogP contribution in [-0.4, -0.2) is 13.7 Å². The Morgan fingerprint density at radius 3 is 2.94 bits per heavy atom. The van der Waals surface area contributed by atoms with Gasteiger partial charge in [0.1, 0.15) is 5.75 Å². The SMILES string of the molecule is COc1ccc(N)c(NCCC2=CCCCC2)c1. The van der Waals surface area contributed by atoms with Crippen molar-refractivity contribution < 1.29 is 4.74 Å². The van der Waals surface area contributed by atoms with E-state index in [1.807, 2.05) is 18.2 Å². The molecule has 0 saturated heterocycles. The van der Waals surface area contributed by atoms with Crippen molar-refractivity contribution in [1.82, 2.24) is 0 Å². The van der Waals surface area contributed by atoms with E-state index in [0.717, 1.165) is 30.1 Å². The van der Waals surface area contributed by atoms with E-state index in [1.54, 1.807) is 12.7 Å². The molecule has 3 N–H and O–H groups in total. The number of rotatable bonds is 5. The molecule has 1 aromatic carbocycles. The van der Waals surface area contributed by atoms with Gasteiger partial charge < -0.3 is 15.8 Å². The summed E-state index contributed by atoms with van der Waals surface area (Å²) < 4.78 is 5.20. The lowest BCUT2D eigenvalue weighted by molar-refractivity contribution is 0.415. The molecule has 0 aliphatic heterocycles. The Bertz CT molecular complexity index is 427. The number of nitrogens with two attached hydrogens (primary N) is 1. The van der Waals surface area contributed by atoms with Gasteiger partial charge in [0.15, 0.2) is 0 Å². The van der Waals surface area contributed by atoms with Crippen LogP contribution in [0.2, 0.25) is 0 Å². The highest BCUT2D eigenvalue weighted by Crippen LogP contribution is 2.25. The second-order valence-corrected chi connectivity index (χ2v) is 4.74. The molecule has 0 bridgehead atoms. The van der Waals surface area contributed by atoms with Crippen LogP contribution in [0, 0.1) is 0 Å². The summed E-state index contributed by atoms with van der Waals surface area (Å²) in [5.41, 5.74) is 9.24. The fourth-order valence-electron chi connectivity index (χ4n) is 2.30. The number of ether oxygens (including phenoxy) is 1. The Morgan fingerprint density at radius 2 is 2.22 bits per heavy atom. The Kier molecular flexibility index (Phi) is 4.51. The molecule has 3 nitrogen and oxygen atoms in total. The molecule has 1 aromatic rings. The number of allylic oxidation sites excluding steroid dienone is 1. The predicted molar refractivity (Wildman–Crippen MR) is 77.1 cm³/mol. The number of benzene rings is 1. The normalized spacial score (nSPS) is 15.1. The minimum atomic E-state index is 0.772. The maximum Gasteiger partial charge on any atom is 0.121 e. The lowest BCUT2D eigenvalue weighted by atomic mass is 9.97. The highest BCUT2D eigenvalue weighted by Gasteiger charge is 2.04. The van der Waals surface area contributed by atoms with Crippen molar-refractivity contribution in [1.29, 1.82) is 0 Å². The molecule has 18 heavy (non-hydrogen) atoms. The standard InChI is InChI=1S/C15H22N2O/c1-18-13-7-8-14(16)15(11-13)17-10-9-12-5-3-2-4-6-12/h5,7-8,11,17H,2-4,6,9-10,16H2,1H3. The Labute approximate surface area is 109 Å². The first-order valence-electron chi connectivity index (χ1n) is 6.65. The predicted octanol–water partition coefficient (Wildman–Crippen LogP) is 3.58. The van der Waals surface area contributed by atoms with Crippen molar-refractivity contribution in [2.45, 2.75) is 32.1 Å². The molecule has 0 saturated carbocycles. The smallest absolute Gasteiger partial charge is 0.121 e. The second kappa shape index (κ2) is 6.34. The minimum absolute atomic E-state index is 0.772. The van der Waals surface area contributed by atoms with E-state index in [-0.39, 0.29) is 0 Å². The monoisotopic (exact) mass is 246 g/mol. The Balaban J connectivity index is 1.87. The summed E-state index contributed by atoms with van der Waals surface area (Å²) in [6, 6.07) is 5.70. The molecule has 1 aliphatic carbocycles. The van der Waals surface area contributed by atoms with Crippen LogP contribution in [-0.2, 0) is 0 Å². The van der Waals surface area contributed by atoms with Gasteiger partial charge in [-0.1, -0.05) is 11.6 Å². The fraction of sp³-hybridized carbons (Fsp3) is 0.467. The van der Waals surface area contributed by atoms with Gasteiger partial charge in [-0.3, -0.25) is 0 Å². The van der Waals surface area contributed by atoms with E-state index in [2.05, 4.69) is 11.4 Å². The topological polar surface area (TPSA) is 47.3 Å². The van der Waals surface area contributed by atoms with Crippen LogP contribution < -0.4 is 15.8 Å². The average Bonchev–Trinajstić information content (AvgIpc) is 2.42. The van der Waals surface area contributed by atoms with Gasteiger partial charge in [-0.05, 0) is 44.2 Å². The zero-order chi connectivity index (χ0) is 12.8. The molecule has 0 fully saturated rings. The zero-order valence-electron chi connectivity index (χ0n) is 11.0. The number of hydrogen-bond acceptors (Lipinski definition) is 3. The molecule has 0 heterocycles. The molecular formula is C15H22N2O. The van der Waals surface area contributed by atoms with Crippen molar-refractivity contribution in [3.05, 3.63) is 29.8 Å². The largest absolute Gasteiger partial charge is 0.497 e. The van der Waals surface area contributed by atoms with E-state index in [1.165, 1.54) is 25.7 Å². The van der Waals surface area contributed by atoms with Crippen molar-refractivity contribution >= 4 is 11.4 Å². The molecule has 2 rings (SSSR count). The molecule has 1 aliphatic rings. The zero-order valence-corrected chi connectivity index (χ0v) is 11.0. The molecule has 98 valence electrons. The molecule has 3 heteroatoms. The van der Waals surface area contributed by atoms with Gasteiger partial charge in [0.25, 0.3) is 0 Å². The van der Waals surface area contributed by atoms with Gasteiger partial charge in [-0.25, -0.2) is 0 Å². The van der Waals surface area contributed by atoms with Gasteiger partial charge >= 0.3 is 0 Å². The van der Waals surface area contributed by atoms with Crippen molar-refractivity contribution in [3.8, 4) is 5.75 Å². The Hall–Kier alpha value is -1.64. The molecule has 0 unspecified atom stereocenters. The number of methoxy groups -OCH3 is 1. The summed E-state index contributed by atoms with van der Waals surface area (Å²) in [5, 5.41) is 3.39. The number of anilines is 2. The fourth-order valence-corrected chi connectivity index (χ4v) is 2.30. The van der Waals surface area contributed by atoms with Crippen LogP contribution in [0.25, 0.3) is 0 Å². The summed E-state index contributed by atoms with van der Waals surface area (Å²) in [4.78, 5) is 0. The molecule has 0 radical (unpaired) electrons. The van der Waals surface area contributed by atoms with Crippen LogP contribution in [0.15, 0.2) is 29.8 Å². The lowest BCUT2D eigenvalue weighted by Gasteiger charge is -2.14. The third-order valence-electron chi connectivity index (χ3n) is 3.41. The highest BCUT2D eigenvalue weighted by molar-refractivity contribution is 5.68. The van der Waals surface area contributed by atoms with Crippen LogP contribution in [0.3, 0.4) is 0 Å². The third kappa shape index (κ3) is 3.42. The molecule has 0 amide bonds. The molecule has 0 spiro atoms. The molecule has 0 aromatic heterocycles. The highest BCUT2D eigenvalue weighted by atomic mass is 16.5. The maximum absolute atomic E-state index is 5.93. The summed E-state index contributed by atoms with van der Waals surface area (Å²) in [6.07, 6.45) is 8.69. The quantitative estimate of drug-likeness (QED) is 0.616. The lowest BCUT2D eigenvalue weighted by Crippen LogP contribution is -2.06. The maximum atomic E-state index is 5.93. The minimum Gasteiger partial charge on any atom is -0.497 e. The van der Waals surface area contributed by atoms with E-state index in [4.69, 9.17) is 10.5 Å². The van der Waals surface area contributed by atoms with Crippen molar-refractivity contribution in [2.75, 3.05) is 24.7 Å². The first kappa shape index (κ1) is 12.8. The van der Waals surface area contributed by atoms with Crippen LogP contribution in [0.5, 0.6) is 5.75 Å². The summed E-state index contributed by atoms with van der Waals surface area (Å²) in [7, 11) is 1.67. The van der Waals surface area contributed by atoms with Crippen LogP contribution >= 0.6 is 0 Å². The van der Waals surface area contributed by atoms with Crippen LogP contribution in [0.1, 0.15) is 32.1 Å². The van der Waals surface area contributed by atoms with Gasteiger partial charge in [-0.2, -0.15) is 0 Å². The Morgan fingerprint density at radius 1 is 1.33 bits per heavy atom. The van der Waals surface area contributed by atoms with Crippen molar-refractivity contribution in [3.63, 3.8) is 0 Å². The summed E-state index contributed by atoms with van der Waals surface area (Å²) >= 11 is 0. The first-order valence-corrected chi connectivity index (χ1v) is 6.65. The van der Waals surface area contributed by atoms with Gasteiger partial charge in [-0.15, -0.1) is 0 Å². The second-order valence-electron chi connectivity index (χ2n) is 4.74. The summed E-state index contributed by atoms with van der Waals surface area (Å²) in [6.45, 7) is 0.934. The van der Waals surface area contributed by atoms with Crippen molar-refractivity contribution in [2.24, 2.45) is 0 Å². The number of nitrogens with one attached hydrogen (secondary N) is 1. The molecule has 0 atom stereocenters. The molecular weight excluding hydrogens is 224 g/mol. The van der Waals surface area contributed by atoms with E-state index < -0.39 is 0 Å². The average molecular weight is 246 g/mol. The number of hydrogen-bond donors (Lipinski definition) is 2. The summed E-state index contributed by atoms with van der Waals surface area (Å²) in [5.74, 6) is 0.837. The van der Waals surface area contributed by atoms with E-state index in [9.17, 15) is 0 Å². The van der Waals surface area contributed by atoms with Gasteiger partial charge in [0.2, 0.25) is 0 Å². The number of nitrogen functional groups attached to an aromatic ring is 1. The van der Waals surface area contributed by atoms with E-state index in [0.29, 0.717) is 0 Å². The first-order chi connectivity index (χ1) is 8.79. The van der Waals surface area contributed by atoms with E-state index >= 15 is 0 Å². The van der Waals surface area contributed by atoms with Gasteiger partial charge in [0.05, 0.1) is 18.5 Å². The van der Waals surface area contributed by atoms with Gasteiger partial charge in [0, 0.05) is 12.6 Å². The third-order valence-corrected chi connectivity index (χ3v) is 3.41.